The monoisotopic (exact) mass is 1600 g/mol. The van der Waals surface area contributed by atoms with E-state index in [1.54, 1.807) is 27.7 Å². The Morgan fingerprint density at radius 2 is 0.531 bits per heavy atom. The highest BCUT2D eigenvalue weighted by molar-refractivity contribution is 5.99. The van der Waals surface area contributed by atoms with Crippen molar-refractivity contribution >= 4 is 94.7 Å². The molecule has 0 aromatic heterocycles. The number of aliphatic imine (C=N–C) groups is 3. The lowest BCUT2D eigenvalue weighted by molar-refractivity contribution is -0.136. The molecule has 0 aliphatic heterocycles. The fraction of sp³-hybridized carbons (Fsp3) is 0.787. The Morgan fingerprint density at radius 1 is 0.265 bits per heavy atom. The molecular weight excluding hydrogens is 1460 g/mol. The van der Waals surface area contributed by atoms with Gasteiger partial charge in [0.05, 0.1) is 12.1 Å². The topological polar surface area (TPSA) is 650 Å². The number of unbranched alkanes of at least 4 members (excludes halogenated alkanes) is 4. The summed E-state index contributed by atoms with van der Waals surface area (Å²) in [7, 11) is 0. The average molecular weight is 1610 g/mol. The third-order valence-electron chi connectivity index (χ3n) is 17.8. The number of nitrogens with two attached hydrogens (primary N) is 9. The van der Waals surface area contributed by atoms with Gasteiger partial charge in [-0.25, -0.2) is 0 Å². The minimum absolute atomic E-state index is 0.000954. The highest BCUT2D eigenvalue weighted by Crippen LogP contribution is 2.16. The fourth-order valence-corrected chi connectivity index (χ4v) is 11.9. The number of guanidine groups is 3. The molecule has 113 heavy (non-hydrogen) atoms. The number of nitrogens with one attached hydrogen (secondary N) is 13. The van der Waals surface area contributed by atoms with Gasteiger partial charge in [0.15, 0.2) is 17.9 Å². The zero-order valence-electron chi connectivity index (χ0n) is 70.0. The predicted molar refractivity (Wildman–Crippen MR) is 438 cm³/mol. The van der Waals surface area contributed by atoms with Crippen LogP contribution in [0.5, 0.6) is 0 Å². The van der Waals surface area contributed by atoms with Gasteiger partial charge in [0.1, 0.15) is 66.5 Å². The van der Waals surface area contributed by atoms with E-state index in [4.69, 9.17) is 51.6 Å². The third-order valence-corrected chi connectivity index (χ3v) is 17.8. The fourth-order valence-electron chi connectivity index (χ4n) is 11.9. The lowest BCUT2D eigenvalue weighted by atomic mass is 9.99. The number of primary amides is 1. The number of amides is 13. The van der Waals surface area contributed by atoms with E-state index in [0.29, 0.717) is 25.9 Å². The van der Waals surface area contributed by atoms with Gasteiger partial charge in [-0.1, -0.05) is 95.9 Å². The Hall–Kier alpha value is -9.20. The summed E-state index contributed by atoms with van der Waals surface area (Å²) in [6.45, 7) is 27.9. The normalized spacial score (nSPS) is 14.8. The summed E-state index contributed by atoms with van der Waals surface area (Å²) in [6, 6.07) is -15.3. The van der Waals surface area contributed by atoms with Gasteiger partial charge >= 0.3 is 0 Å². The molecule has 0 saturated carbocycles. The van der Waals surface area contributed by atoms with Crippen molar-refractivity contribution in [3.8, 4) is 0 Å². The quantitative estimate of drug-likeness (QED) is 0.0169. The van der Waals surface area contributed by atoms with Crippen molar-refractivity contribution in [3.63, 3.8) is 0 Å². The number of rotatable bonds is 60. The molecule has 31 N–H and O–H groups in total. The van der Waals surface area contributed by atoms with E-state index < -0.39 is 155 Å². The van der Waals surface area contributed by atoms with Gasteiger partial charge in [0.25, 0.3) is 0 Å². The first-order chi connectivity index (χ1) is 52.9. The zero-order chi connectivity index (χ0) is 86.2. The number of carbonyl (C=O) groups is 13. The van der Waals surface area contributed by atoms with Crippen molar-refractivity contribution in [2.24, 2.45) is 102 Å². The van der Waals surface area contributed by atoms with E-state index in [1.165, 1.54) is 20.8 Å². The molecule has 0 unspecified atom stereocenters. The lowest BCUT2D eigenvalue weighted by Gasteiger charge is -2.28. The van der Waals surface area contributed by atoms with E-state index in [0.717, 1.165) is 25.7 Å². The number of hydrogen-bond donors (Lipinski definition) is 22. The number of nitrogens with zero attached hydrogens (tertiary/aromatic N) is 3. The van der Waals surface area contributed by atoms with Gasteiger partial charge in [-0.3, -0.25) is 77.3 Å². The Labute approximate surface area is 669 Å². The van der Waals surface area contributed by atoms with Crippen molar-refractivity contribution in [2.45, 2.75) is 304 Å². The molecule has 0 rings (SSSR count). The molecule has 13 amide bonds. The molecule has 0 aromatic rings. The van der Waals surface area contributed by atoms with Crippen LogP contribution in [0, 0.1) is 35.5 Å². The second kappa shape index (κ2) is 56.9. The molecule has 13 atom stereocenters. The molecule has 0 bridgehead atoms. The zero-order valence-corrected chi connectivity index (χ0v) is 70.0. The Balaban J connectivity index is 7.56. The summed E-state index contributed by atoms with van der Waals surface area (Å²) in [6.07, 6.45) is 5.47. The SMILES string of the molecule is CC(C)C[C@H](NC(=O)[C@H](CCCN=C(N)N)NC(=O)[C@H](C)NC(=O)[C@H](CC(C)C)NC(=O)[C@H](CCCCNC(=O)[C@H](CC(C)C)NC(=O)[C@H](CCCN=C(N)N)NC(=O)[C@H](C)NC(=O)[C@@H](N)CC(C)C)NC(=O)[C@H](CC(C)C)NC(=O)[C@H](CCCN=C(N)N)NC(=O)[C@H](C)NC(=O)[C@H](CC(C)C)NCCCCCCN)C(N)=O. The van der Waals surface area contributed by atoms with Crippen molar-refractivity contribution in [2.75, 3.05) is 39.3 Å². The molecule has 0 aliphatic rings. The highest BCUT2D eigenvalue weighted by Gasteiger charge is 2.36. The maximum absolute atomic E-state index is 15.0. The summed E-state index contributed by atoms with van der Waals surface area (Å²) in [5.41, 5.74) is 50.7. The van der Waals surface area contributed by atoms with E-state index in [2.05, 4.69) is 84.1 Å². The largest absolute Gasteiger partial charge is 0.370 e. The number of carbonyl (C=O) groups excluding carboxylic acids is 13. The van der Waals surface area contributed by atoms with Crippen LogP contribution in [0.2, 0.25) is 0 Å². The van der Waals surface area contributed by atoms with Crippen LogP contribution >= 0.6 is 0 Å². The van der Waals surface area contributed by atoms with Gasteiger partial charge in [-0.15, -0.1) is 0 Å². The second-order valence-electron chi connectivity index (χ2n) is 31.8. The molecule has 0 radical (unpaired) electrons. The van der Waals surface area contributed by atoms with Crippen molar-refractivity contribution in [3.05, 3.63) is 0 Å². The van der Waals surface area contributed by atoms with Crippen LogP contribution in [0.15, 0.2) is 15.0 Å². The first-order valence-electron chi connectivity index (χ1n) is 40.2. The lowest BCUT2D eigenvalue weighted by Crippen LogP contribution is -2.60. The highest BCUT2D eigenvalue weighted by atomic mass is 16.2. The van der Waals surface area contributed by atoms with Crippen molar-refractivity contribution < 1.29 is 62.3 Å². The summed E-state index contributed by atoms with van der Waals surface area (Å²) >= 11 is 0. The van der Waals surface area contributed by atoms with E-state index in [1.807, 2.05) is 55.4 Å². The maximum atomic E-state index is 15.0. The van der Waals surface area contributed by atoms with Gasteiger partial charge in [0.2, 0.25) is 76.8 Å². The molecule has 0 spiro atoms. The molecule has 38 heteroatoms. The molecule has 0 fully saturated rings. The second-order valence-corrected chi connectivity index (χ2v) is 31.8. The molecule has 0 aliphatic carbocycles. The van der Waals surface area contributed by atoms with E-state index in [-0.39, 0.29) is 163 Å². The first kappa shape index (κ1) is 104. The summed E-state index contributed by atoms with van der Waals surface area (Å²) in [5, 5.41) is 36.0. The number of hydrogen-bond acceptors (Lipinski definition) is 19. The maximum Gasteiger partial charge on any atom is 0.243 e. The van der Waals surface area contributed by atoms with Gasteiger partial charge in [-0.2, -0.15) is 0 Å². The molecule has 0 aromatic carbocycles. The van der Waals surface area contributed by atoms with Gasteiger partial charge in [0, 0.05) is 26.2 Å². The Kier molecular flexibility index (Phi) is 52.3. The van der Waals surface area contributed by atoms with Crippen LogP contribution in [0.1, 0.15) is 226 Å². The molecule has 38 nitrogen and oxygen atoms in total. The van der Waals surface area contributed by atoms with Gasteiger partial charge in [-0.05, 0) is 179 Å². The Morgan fingerprint density at radius 3 is 0.876 bits per heavy atom. The first-order valence-corrected chi connectivity index (χ1v) is 40.2. The van der Waals surface area contributed by atoms with E-state index >= 15 is 0 Å². The van der Waals surface area contributed by atoms with Gasteiger partial charge < -0.3 is 121 Å². The minimum atomic E-state index is -1.46. The summed E-state index contributed by atoms with van der Waals surface area (Å²) < 4.78 is 0. The molecular formula is C75H145N25O13. The molecule has 0 saturated heterocycles. The van der Waals surface area contributed by atoms with Crippen LogP contribution in [0.4, 0.5) is 0 Å². The molecule has 648 valence electrons. The van der Waals surface area contributed by atoms with Crippen LogP contribution < -0.4 is 121 Å². The van der Waals surface area contributed by atoms with Crippen LogP contribution in [0.25, 0.3) is 0 Å². The van der Waals surface area contributed by atoms with Crippen LogP contribution in [0.3, 0.4) is 0 Å². The van der Waals surface area contributed by atoms with Crippen molar-refractivity contribution in [1.82, 2.24) is 69.1 Å². The standard InChI is InChI=1S/C75H145N25O13/c1-41(2)35-50(77)64(105)90-47(13)61(102)94-53(27-23-33-88-74(81)82)68(109)98-57(38-44(7)8)65(106)86-31-21-18-25-51(67(108)99-58(39-45(9)10)71(112)92-49(15)63(104)93-52(26-22-32-87-73(79)80)66(107)97-55(60(78)101)36-42(3)4)96-72(113)59(40-46(11)12)100-69(110)54(28-24-34-89-75(83)84)95-62(103)48(14)91-70(111)56(37-43(5)6)85-30-20-17-16-19-29-76/h41-59,85H,16-40,76-77H2,1-15H3,(H2,78,101)(H,86,106)(H,90,105)(H,91,111)(H,92,112)(H,93,104)(H,94,102)(H,95,103)(H,96,113)(H,97,107)(H,98,109)(H,99,108)(H,100,110)(H4,79,80,87)(H4,81,82,88)(H4,83,84,89)/t47-,48-,49-,50-,51-,52-,53-,54-,55-,56-,57-,58-,59-/m0/s1. The van der Waals surface area contributed by atoms with E-state index in [9.17, 15) is 62.3 Å². The van der Waals surface area contributed by atoms with Crippen LogP contribution in [-0.4, -0.2) is 212 Å². The average Bonchev–Trinajstić information content (AvgIpc) is 0.956. The predicted octanol–water partition coefficient (Wildman–Crippen LogP) is -2.61. The Bertz CT molecular complexity index is 3050. The van der Waals surface area contributed by atoms with Crippen LogP contribution in [-0.2, 0) is 62.3 Å². The third kappa shape index (κ3) is 47.8. The minimum Gasteiger partial charge on any atom is -0.370 e. The smallest absolute Gasteiger partial charge is 0.243 e. The van der Waals surface area contributed by atoms with Crippen molar-refractivity contribution in [1.29, 1.82) is 0 Å². The summed E-state index contributed by atoms with van der Waals surface area (Å²) in [5.74, 6) is -10.5. The summed E-state index contributed by atoms with van der Waals surface area (Å²) in [4.78, 5) is 194. The molecule has 0 heterocycles.